The van der Waals surface area contributed by atoms with Crippen molar-refractivity contribution in [2.45, 2.75) is 18.9 Å². The van der Waals surface area contributed by atoms with Crippen LogP contribution >= 0.6 is 11.3 Å². The van der Waals surface area contributed by atoms with E-state index in [-0.39, 0.29) is 0 Å². The van der Waals surface area contributed by atoms with Crippen LogP contribution in [0.2, 0.25) is 0 Å². The number of hydrogen-bond acceptors (Lipinski definition) is 4. The summed E-state index contributed by atoms with van der Waals surface area (Å²) in [6.07, 6.45) is 2.25. The molecule has 78 valence electrons. The van der Waals surface area contributed by atoms with Gasteiger partial charge in [-0.15, -0.1) is 11.3 Å². The van der Waals surface area contributed by atoms with Crippen molar-refractivity contribution < 1.29 is 4.74 Å². The van der Waals surface area contributed by atoms with Gasteiger partial charge in [0, 0.05) is 18.1 Å². The summed E-state index contributed by atoms with van der Waals surface area (Å²) in [5.74, 6) is 6.22. The molecule has 1 aliphatic heterocycles. The fourth-order valence-corrected chi connectivity index (χ4v) is 2.66. The first-order valence-corrected chi connectivity index (χ1v) is 5.85. The second-order valence-electron chi connectivity index (χ2n) is 3.70. The fourth-order valence-electron chi connectivity index (χ4n) is 1.86. The minimum atomic E-state index is 0.293. The molecule has 3 N–H and O–H groups in total. The van der Waals surface area contributed by atoms with Crippen molar-refractivity contribution in [1.29, 1.82) is 0 Å². The second kappa shape index (κ2) is 4.89. The van der Waals surface area contributed by atoms with Crippen molar-refractivity contribution in [3.8, 4) is 0 Å². The molecule has 3 nitrogen and oxygen atoms in total. The van der Waals surface area contributed by atoms with Gasteiger partial charge in [-0.1, -0.05) is 6.07 Å². The van der Waals surface area contributed by atoms with E-state index in [1.54, 1.807) is 11.3 Å². The van der Waals surface area contributed by atoms with Gasteiger partial charge in [-0.05, 0) is 30.2 Å². The first kappa shape index (κ1) is 10.1. The Kier molecular flexibility index (Phi) is 3.53. The van der Waals surface area contributed by atoms with E-state index in [4.69, 9.17) is 10.6 Å². The van der Waals surface area contributed by atoms with Crippen LogP contribution in [0.4, 0.5) is 0 Å². The van der Waals surface area contributed by atoms with Crippen molar-refractivity contribution in [1.82, 2.24) is 5.43 Å². The van der Waals surface area contributed by atoms with Crippen molar-refractivity contribution in [3.63, 3.8) is 0 Å². The molecule has 0 aromatic carbocycles. The summed E-state index contributed by atoms with van der Waals surface area (Å²) in [7, 11) is 0. The Labute approximate surface area is 88.2 Å². The van der Waals surface area contributed by atoms with Crippen LogP contribution < -0.4 is 11.3 Å². The molecule has 4 heteroatoms. The summed E-state index contributed by atoms with van der Waals surface area (Å²) in [4.78, 5) is 1.32. The Morgan fingerprint density at radius 2 is 2.64 bits per heavy atom. The topological polar surface area (TPSA) is 47.3 Å². The van der Waals surface area contributed by atoms with Crippen molar-refractivity contribution in [2.24, 2.45) is 11.8 Å². The lowest BCUT2D eigenvalue weighted by atomic mass is 9.99. The molecule has 2 atom stereocenters. The van der Waals surface area contributed by atoms with Crippen LogP contribution in [0.1, 0.15) is 23.8 Å². The highest BCUT2D eigenvalue weighted by molar-refractivity contribution is 7.10. The van der Waals surface area contributed by atoms with Gasteiger partial charge in [0.15, 0.2) is 0 Å². The average molecular weight is 212 g/mol. The summed E-state index contributed by atoms with van der Waals surface area (Å²) in [6, 6.07) is 4.49. The third-order valence-electron chi connectivity index (χ3n) is 2.68. The van der Waals surface area contributed by atoms with Crippen molar-refractivity contribution in [2.75, 3.05) is 13.2 Å². The Hall–Kier alpha value is -0.420. The van der Waals surface area contributed by atoms with Crippen molar-refractivity contribution >= 4 is 11.3 Å². The first-order valence-electron chi connectivity index (χ1n) is 4.97. The largest absolute Gasteiger partial charge is 0.381 e. The van der Waals surface area contributed by atoms with E-state index in [9.17, 15) is 0 Å². The average Bonchev–Trinajstić information content (AvgIpc) is 2.86. The van der Waals surface area contributed by atoms with Gasteiger partial charge in [0.2, 0.25) is 0 Å². The fraction of sp³-hybridized carbons (Fsp3) is 0.600. The number of thiophene rings is 1. The summed E-state index contributed by atoms with van der Waals surface area (Å²) < 4.78 is 5.35. The van der Waals surface area contributed by atoms with E-state index < -0.39 is 0 Å². The number of hydrazine groups is 1. The minimum Gasteiger partial charge on any atom is -0.381 e. The van der Waals surface area contributed by atoms with Gasteiger partial charge < -0.3 is 4.74 Å². The predicted molar refractivity (Wildman–Crippen MR) is 57.9 cm³/mol. The smallest absolute Gasteiger partial charge is 0.0556 e. The van der Waals surface area contributed by atoms with Gasteiger partial charge >= 0.3 is 0 Å². The zero-order chi connectivity index (χ0) is 9.80. The van der Waals surface area contributed by atoms with E-state index in [2.05, 4.69) is 22.9 Å². The Balaban J connectivity index is 1.93. The molecule has 1 aromatic heterocycles. The number of nitrogens with two attached hydrogens (primary N) is 1. The molecule has 0 radical (unpaired) electrons. The highest BCUT2D eigenvalue weighted by Gasteiger charge is 2.21. The predicted octanol–water partition coefficient (Wildman–Crippen LogP) is 1.68. The minimum absolute atomic E-state index is 0.293. The van der Waals surface area contributed by atoms with Crippen LogP contribution in [0.3, 0.4) is 0 Å². The third kappa shape index (κ3) is 2.33. The quantitative estimate of drug-likeness (QED) is 0.589. The molecule has 2 unspecified atom stereocenters. The molecule has 2 rings (SSSR count). The van der Waals surface area contributed by atoms with Gasteiger partial charge in [0.1, 0.15) is 0 Å². The summed E-state index contributed by atoms with van der Waals surface area (Å²) in [5, 5.41) is 2.09. The number of nitrogens with one attached hydrogen (secondary N) is 1. The maximum absolute atomic E-state index is 5.56. The second-order valence-corrected chi connectivity index (χ2v) is 4.68. The molecule has 2 heterocycles. The van der Waals surface area contributed by atoms with E-state index in [1.807, 2.05) is 0 Å². The lowest BCUT2D eigenvalue weighted by Crippen LogP contribution is -2.29. The van der Waals surface area contributed by atoms with Crippen molar-refractivity contribution in [3.05, 3.63) is 22.4 Å². The molecule has 1 saturated heterocycles. The molecule has 0 saturated carbocycles. The van der Waals surface area contributed by atoms with Crippen LogP contribution in [-0.4, -0.2) is 13.2 Å². The molecule has 14 heavy (non-hydrogen) atoms. The van der Waals surface area contributed by atoms with Crippen LogP contribution in [0.25, 0.3) is 0 Å². The zero-order valence-electron chi connectivity index (χ0n) is 8.11. The Morgan fingerprint density at radius 1 is 1.71 bits per heavy atom. The molecule has 0 bridgehead atoms. The van der Waals surface area contributed by atoms with E-state index in [0.717, 1.165) is 19.6 Å². The maximum Gasteiger partial charge on any atom is 0.0556 e. The molecule has 1 aromatic rings. The maximum atomic E-state index is 5.56. The molecular weight excluding hydrogens is 196 g/mol. The number of ether oxygens (including phenoxy) is 1. The molecule has 0 amide bonds. The molecular formula is C10H16N2OS. The molecule has 0 aliphatic carbocycles. The first-order chi connectivity index (χ1) is 6.90. The SMILES string of the molecule is NNC(CC1CCOC1)c1cccs1. The molecule has 1 fully saturated rings. The van der Waals surface area contributed by atoms with Crippen LogP contribution in [-0.2, 0) is 4.74 Å². The van der Waals surface area contributed by atoms with Crippen LogP contribution in [0.5, 0.6) is 0 Å². The summed E-state index contributed by atoms with van der Waals surface area (Å²) in [5.41, 5.74) is 2.89. The van der Waals surface area contributed by atoms with Crippen LogP contribution in [0, 0.1) is 5.92 Å². The molecule has 1 aliphatic rings. The highest BCUT2D eigenvalue weighted by atomic mass is 32.1. The van der Waals surface area contributed by atoms with E-state index in [1.165, 1.54) is 11.3 Å². The monoisotopic (exact) mass is 212 g/mol. The van der Waals surface area contributed by atoms with Gasteiger partial charge in [-0.25, -0.2) is 0 Å². The van der Waals surface area contributed by atoms with E-state index in [0.29, 0.717) is 12.0 Å². The zero-order valence-corrected chi connectivity index (χ0v) is 8.93. The standard InChI is InChI=1S/C10H16N2OS/c11-12-9(10-2-1-5-14-10)6-8-3-4-13-7-8/h1-2,5,8-9,12H,3-4,6-7,11H2. The normalized spacial score (nSPS) is 23.9. The number of rotatable bonds is 4. The Bertz CT molecular complexity index is 257. The Morgan fingerprint density at radius 3 is 3.21 bits per heavy atom. The van der Waals surface area contributed by atoms with Gasteiger partial charge in [0.05, 0.1) is 6.04 Å². The summed E-state index contributed by atoms with van der Waals surface area (Å²) in [6.45, 7) is 1.80. The lowest BCUT2D eigenvalue weighted by Gasteiger charge is -2.17. The lowest BCUT2D eigenvalue weighted by molar-refractivity contribution is 0.181. The van der Waals surface area contributed by atoms with Crippen LogP contribution in [0.15, 0.2) is 17.5 Å². The van der Waals surface area contributed by atoms with Gasteiger partial charge in [-0.2, -0.15) is 0 Å². The third-order valence-corrected chi connectivity index (χ3v) is 3.67. The van der Waals surface area contributed by atoms with Gasteiger partial charge in [-0.3, -0.25) is 11.3 Å². The number of hydrogen-bond donors (Lipinski definition) is 2. The molecule has 0 spiro atoms. The highest BCUT2D eigenvalue weighted by Crippen LogP contribution is 2.28. The summed E-state index contributed by atoms with van der Waals surface area (Å²) >= 11 is 1.76. The van der Waals surface area contributed by atoms with Gasteiger partial charge in [0.25, 0.3) is 0 Å². The van der Waals surface area contributed by atoms with E-state index >= 15 is 0 Å².